The van der Waals surface area contributed by atoms with Gasteiger partial charge in [-0.05, 0) is 11.8 Å². The number of pyridine rings is 1. The quantitative estimate of drug-likeness (QED) is 0.0602. The van der Waals surface area contributed by atoms with Crippen LogP contribution in [0.5, 0.6) is 0 Å². The number of halogens is 5. The molecular weight excluding hydrogens is 520 g/mol. The number of hydrogen-bond donors (Lipinski definition) is 0. The highest BCUT2D eigenvalue weighted by Gasteiger charge is 2.25. The molecule has 0 aliphatic carbocycles. The molecule has 0 unspecified atom stereocenters. The van der Waals surface area contributed by atoms with Gasteiger partial charge < -0.3 is 0 Å². The number of carbonyl (C=O) groups excluding carboxylic acids is 1. The largest absolute Gasteiger partial charge is 0.289 e. The van der Waals surface area contributed by atoms with Crippen LogP contribution in [-0.2, 0) is 12.9 Å². The zero-order valence-corrected chi connectivity index (χ0v) is 21.2. The normalized spacial score (nSPS) is 10.4. The van der Waals surface area contributed by atoms with Crippen LogP contribution in [0.15, 0.2) is 116 Å². The van der Waals surface area contributed by atoms with Crippen LogP contribution in [0.25, 0.3) is 0 Å². The topological polar surface area (TPSA) is 20.9 Å². The molecule has 5 aromatic rings. The molecule has 0 saturated carbocycles. The van der Waals surface area contributed by atoms with Crippen LogP contribution in [0, 0.1) is 29.1 Å². The second kappa shape index (κ2) is 13.5. The van der Waals surface area contributed by atoms with Crippen LogP contribution in [0.3, 0.4) is 0 Å². The molecule has 2 nitrogen and oxygen atoms in total. The fourth-order valence-corrected chi connectivity index (χ4v) is 3.90. The number of benzene rings is 4. The van der Waals surface area contributed by atoms with E-state index in [0.717, 1.165) is 19.4 Å². The van der Waals surface area contributed by atoms with Crippen molar-refractivity contribution in [3.8, 4) is 0 Å². The Kier molecular flexibility index (Phi) is 9.57. The third kappa shape index (κ3) is 7.08. The van der Waals surface area contributed by atoms with Gasteiger partial charge in [-0.25, -0.2) is 26.5 Å². The Morgan fingerprint density at radius 2 is 0.975 bits per heavy atom. The minimum Gasteiger partial charge on any atom is -0.289 e. The summed E-state index contributed by atoms with van der Waals surface area (Å²) in [6.07, 6.45) is 3.96. The summed E-state index contributed by atoms with van der Waals surface area (Å²) in [5.74, 6) is -9.58. The third-order valence-electron chi connectivity index (χ3n) is 6.03. The number of aromatic nitrogens is 1. The molecule has 0 N–H and O–H groups in total. The summed E-state index contributed by atoms with van der Waals surface area (Å²) in [6.45, 7) is 0.806. The smallest absolute Gasteiger partial charge is 0.200 e. The van der Waals surface area contributed by atoms with Crippen LogP contribution in [0.4, 0.5) is 22.0 Å². The third-order valence-corrected chi connectivity index (χ3v) is 6.03. The molecule has 0 spiro atoms. The van der Waals surface area contributed by atoms with Crippen molar-refractivity contribution in [3.63, 3.8) is 0 Å². The zero-order chi connectivity index (χ0) is 28.5. The Bertz CT molecular complexity index is 1540. The summed E-state index contributed by atoms with van der Waals surface area (Å²) in [6, 6.07) is 31.9. The van der Waals surface area contributed by atoms with Crippen molar-refractivity contribution in [2.75, 3.05) is 0 Å². The van der Waals surface area contributed by atoms with Gasteiger partial charge in [0, 0.05) is 28.8 Å². The van der Waals surface area contributed by atoms with Crippen molar-refractivity contribution >= 4 is 18.5 Å². The van der Waals surface area contributed by atoms with E-state index >= 15 is 0 Å². The van der Waals surface area contributed by atoms with E-state index in [-0.39, 0.29) is 12.1 Å². The van der Waals surface area contributed by atoms with Crippen LogP contribution in [0.1, 0.15) is 27.0 Å². The molecule has 0 aliphatic heterocycles. The van der Waals surface area contributed by atoms with Crippen LogP contribution in [0.2, 0.25) is 0 Å². The Labute approximate surface area is 229 Å². The fraction of sp³-hybridized carbons (Fsp3) is 0.0625. The van der Waals surface area contributed by atoms with Gasteiger partial charge >= 0.3 is 0 Å². The van der Waals surface area contributed by atoms with Crippen molar-refractivity contribution in [1.82, 2.24) is 0 Å². The molecule has 0 fully saturated rings. The van der Waals surface area contributed by atoms with E-state index < -0.39 is 34.5 Å². The summed E-state index contributed by atoms with van der Waals surface area (Å²) < 4.78 is 67.5. The first kappa shape index (κ1) is 28.4. The maximum Gasteiger partial charge on any atom is 0.200 e. The molecule has 0 amide bonds. The SMILES string of the molecule is Fc1c(F)c(F)c([B]Cc2ccccc2)c(F)c1F.O=C(c1ccccc1)c1cc[n+](Cc2ccccc2)cc1. The molecule has 0 atom stereocenters. The molecule has 0 saturated heterocycles. The molecule has 0 bridgehead atoms. The van der Waals surface area contributed by atoms with Gasteiger partial charge in [-0.1, -0.05) is 96.6 Å². The van der Waals surface area contributed by atoms with Gasteiger partial charge in [0.25, 0.3) is 0 Å². The molecule has 8 heteroatoms. The maximum atomic E-state index is 13.4. The van der Waals surface area contributed by atoms with Gasteiger partial charge in [0.2, 0.25) is 0 Å². The maximum absolute atomic E-state index is 13.4. The highest BCUT2D eigenvalue weighted by molar-refractivity contribution is 6.53. The Hall–Kier alpha value is -4.59. The molecule has 1 radical (unpaired) electrons. The fourth-order valence-electron chi connectivity index (χ4n) is 3.90. The lowest BCUT2D eigenvalue weighted by Gasteiger charge is -2.07. The van der Waals surface area contributed by atoms with E-state index in [1.807, 2.05) is 73.1 Å². The minimum atomic E-state index is -2.15. The lowest BCUT2D eigenvalue weighted by molar-refractivity contribution is -0.688. The lowest BCUT2D eigenvalue weighted by atomic mass is 9.64. The van der Waals surface area contributed by atoms with E-state index in [4.69, 9.17) is 0 Å². The number of ketones is 1. The number of rotatable bonds is 7. The van der Waals surface area contributed by atoms with Crippen LogP contribution >= 0.6 is 0 Å². The summed E-state index contributed by atoms with van der Waals surface area (Å²) >= 11 is 0. The average Bonchev–Trinajstić information content (AvgIpc) is 3.01. The van der Waals surface area contributed by atoms with Crippen molar-refractivity contribution in [2.24, 2.45) is 0 Å². The van der Waals surface area contributed by atoms with E-state index in [2.05, 4.69) is 16.7 Å². The summed E-state index contributed by atoms with van der Waals surface area (Å²) in [5, 5.41) is 0. The first-order chi connectivity index (χ1) is 19.3. The molecular formula is C32H23BF5NO+. The van der Waals surface area contributed by atoms with Crippen molar-refractivity contribution in [3.05, 3.63) is 167 Å². The first-order valence-corrected chi connectivity index (χ1v) is 12.4. The highest BCUT2D eigenvalue weighted by atomic mass is 19.2. The lowest BCUT2D eigenvalue weighted by Crippen LogP contribution is -2.33. The Morgan fingerprint density at radius 1 is 0.550 bits per heavy atom. The van der Waals surface area contributed by atoms with Gasteiger partial charge in [-0.2, -0.15) is 0 Å². The molecule has 1 aromatic heterocycles. The summed E-state index contributed by atoms with van der Waals surface area (Å²) in [7, 11) is 0.978. The monoisotopic (exact) mass is 543 g/mol. The molecule has 199 valence electrons. The Balaban J connectivity index is 0.000000186. The predicted molar refractivity (Wildman–Crippen MR) is 144 cm³/mol. The zero-order valence-electron chi connectivity index (χ0n) is 21.2. The average molecular weight is 543 g/mol. The second-order valence-corrected chi connectivity index (χ2v) is 8.82. The van der Waals surface area contributed by atoms with E-state index in [9.17, 15) is 26.7 Å². The first-order valence-electron chi connectivity index (χ1n) is 12.4. The van der Waals surface area contributed by atoms with E-state index in [1.54, 1.807) is 30.3 Å². The number of nitrogens with zero attached hydrogens (tertiary/aromatic N) is 1. The van der Waals surface area contributed by atoms with Crippen molar-refractivity contribution in [1.29, 1.82) is 0 Å². The van der Waals surface area contributed by atoms with Gasteiger partial charge in [0.05, 0.1) is 0 Å². The second-order valence-electron chi connectivity index (χ2n) is 8.82. The van der Waals surface area contributed by atoms with Crippen molar-refractivity contribution < 1.29 is 31.3 Å². The molecule has 0 aliphatic rings. The van der Waals surface area contributed by atoms with Gasteiger partial charge in [-0.15, -0.1) is 0 Å². The Morgan fingerprint density at radius 3 is 1.50 bits per heavy atom. The molecule has 4 aromatic carbocycles. The van der Waals surface area contributed by atoms with Crippen LogP contribution in [-0.4, -0.2) is 13.1 Å². The number of carbonyl (C=O) groups is 1. The molecule has 5 rings (SSSR count). The minimum absolute atomic E-state index is 0.0578. The van der Waals surface area contributed by atoms with Gasteiger partial charge in [-0.3, -0.25) is 4.79 Å². The van der Waals surface area contributed by atoms with Gasteiger partial charge in [0.1, 0.15) is 0 Å². The number of hydrogen-bond acceptors (Lipinski definition) is 1. The standard InChI is InChI=1S/C19H16NO.C13H7BF5/c21-19(17-9-5-2-6-10-17)18-11-13-20(14-12-18)15-16-7-3-1-4-8-16;15-9-8(10(16)12(18)13(19)11(9)17)14-6-7-4-2-1-3-5-7/h1-14H,15H2;1-5H,6H2/q+1;. The molecule has 1 heterocycles. The predicted octanol–water partition coefficient (Wildman–Crippen LogP) is 6.17. The van der Waals surface area contributed by atoms with E-state index in [1.165, 1.54) is 5.56 Å². The highest BCUT2D eigenvalue weighted by Crippen LogP contribution is 2.16. The van der Waals surface area contributed by atoms with Crippen LogP contribution < -0.4 is 10.0 Å². The molecule has 40 heavy (non-hydrogen) atoms. The van der Waals surface area contributed by atoms with Gasteiger partial charge in [0.15, 0.2) is 61.1 Å². The van der Waals surface area contributed by atoms with Crippen molar-refractivity contribution in [2.45, 2.75) is 12.9 Å². The summed E-state index contributed by atoms with van der Waals surface area (Å²) in [5.41, 5.74) is 2.47. The van der Waals surface area contributed by atoms with E-state index in [0.29, 0.717) is 11.1 Å². The summed E-state index contributed by atoms with van der Waals surface area (Å²) in [4.78, 5) is 12.3.